The summed E-state index contributed by atoms with van der Waals surface area (Å²) in [5.41, 5.74) is 9.74. The third-order valence-electron chi connectivity index (χ3n) is 4.06. The van der Waals surface area contributed by atoms with Crippen LogP contribution in [-0.4, -0.2) is 23.9 Å². The van der Waals surface area contributed by atoms with Crippen LogP contribution >= 0.6 is 0 Å². The number of rotatable bonds is 3. The minimum absolute atomic E-state index is 0.165. The second-order valence-electron chi connectivity index (χ2n) is 5.54. The van der Waals surface area contributed by atoms with Gasteiger partial charge in [0, 0.05) is 24.3 Å². The highest BCUT2D eigenvalue weighted by atomic mass is 16.2. The second kappa shape index (κ2) is 6.00. The lowest BCUT2D eigenvalue weighted by molar-refractivity contribution is 0.0763. The smallest absolute Gasteiger partial charge is 0.254 e. The predicted molar refractivity (Wildman–Crippen MR) is 85.2 cm³/mol. The molecular formula is C18H20N2O. The lowest BCUT2D eigenvalue weighted by Crippen LogP contribution is -2.32. The predicted octanol–water partition coefficient (Wildman–Crippen LogP) is 2.90. The molecular weight excluding hydrogens is 260 g/mol. The van der Waals surface area contributed by atoms with Gasteiger partial charge in [-0.3, -0.25) is 4.79 Å². The molecule has 0 aromatic heterocycles. The zero-order chi connectivity index (χ0) is 14.7. The Kier molecular flexibility index (Phi) is 3.91. The van der Waals surface area contributed by atoms with Crippen LogP contribution in [0.2, 0.25) is 0 Å². The van der Waals surface area contributed by atoms with E-state index in [2.05, 4.69) is 6.07 Å². The van der Waals surface area contributed by atoms with Gasteiger partial charge < -0.3 is 10.6 Å². The number of aryl methyl sites for hydroxylation is 1. The van der Waals surface area contributed by atoms with Crippen LogP contribution in [0, 0.1) is 0 Å². The minimum atomic E-state index is 0.165. The fourth-order valence-corrected chi connectivity index (χ4v) is 2.84. The van der Waals surface area contributed by atoms with Crippen LogP contribution in [0.4, 0.5) is 5.69 Å². The van der Waals surface area contributed by atoms with E-state index in [1.807, 2.05) is 47.4 Å². The molecule has 0 unspecified atom stereocenters. The van der Waals surface area contributed by atoms with Crippen molar-refractivity contribution in [2.75, 3.05) is 18.8 Å². The quantitative estimate of drug-likeness (QED) is 0.879. The molecule has 0 aliphatic carbocycles. The number of nitrogen functional groups attached to an aromatic ring is 1. The van der Waals surface area contributed by atoms with Gasteiger partial charge in [0.05, 0.1) is 0 Å². The maximum atomic E-state index is 12.6. The van der Waals surface area contributed by atoms with E-state index in [4.69, 9.17) is 5.73 Å². The maximum Gasteiger partial charge on any atom is 0.254 e. The molecule has 21 heavy (non-hydrogen) atoms. The summed E-state index contributed by atoms with van der Waals surface area (Å²) in [6.45, 7) is 1.60. The highest BCUT2D eigenvalue weighted by molar-refractivity contribution is 5.96. The van der Waals surface area contributed by atoms with E-state index < -0.39 is 0 Å². The number of nitrogens with zero attached hydrogens (tertiary/aromatic N) is 1. The van der Waals surface area contributed by atoms with Gasteiger partial charge in [0.2, 0.25) is 0 Å². The summed E-state index contributed by atoms with van der Waals surface area (Å²) in [7, 11) is 0. The molecule has 1 heterocycles. The highest BCUT2D eigenvalue weighted by Gasteiger charge is 2.21. The number of nitrogens with two attached hydrogens (primary N) is 1. The van der Waals surface area contributed by atoms with Gasteiger partial charge in [-0.25, -0.2) is 0 Å². The molecule has 108 valence electrons. The molecule has 0 atom stereocenters. The highest BCUT2D eigenvalue weighted by Crippen LogP contribution is 2.19. The van der Waals surface area contributed by atoms with Crippen LogP contribution < -0.4 is 5.73 Å². The summed E-state index contributed by atoms with van der Waals surface area (Å²) in [5, 5.41) is 0. The van der Waals surface area contributed by atoms with E-state index in [0.29, 0.717) is 0 Å². The molecule has 2 N–H and O–H groups in total. The van der Waals surface area contributed by atoms with E-state index in [1.54, 1.807) is 0 Å². The first-order valence-electron chi connectivity index (χ1n) is 7.45. The van der Waals surface area contributed by atoms with Gasteiger partial charge >= 0.3 is 0 Å². The number of carbonyl (C=O) groups is 1. The Morgan fingerprint density at radius 2 is 1.81 bits per heavy atom. The Balaban J connectivity index is 1.71. The molecule has 2 aromatic rings. The van der Waals surface area contributed by atoms with Crippen LogP contribution in [0.15, 0.2) is 48.5 Å². The average Bonchev–Trinajstić information content (AvgIpc) is 2.67. The van der Waals surface area contributed by atoms with E-state index in [0.717, 1.165) is 43.6 Å². The number of anilines is 1. The van der Waals surface area contributed by atoms with Gasteiger partial charge in [0.25, 0.3) is 5.91 Å². The van der Waals surface area contributed by atoms with Crippen molar-refractivity contribution >= 4 is 11.6 Å². The molecule has 1 aliphatic rings. The Hall–Kier alpha value is -2.29. The lowest BCUT2D eigenvalue weighted by Gasteiger charge is -2.21. The van der Waals surface area contributed by atoms with E-state index in [1.165, 1.54) is 11.1 Å². The van der Waals surface area contributed by atoms with Crippen LogP contribution in [-0.2, 0) is 12.8 Å². The van der Waals surface area contributed by atoms with Gasteiger partial charge in [-0.2, -0.15) is 0 Å². The number of benzene rings is 2. The molecule has 0 saturated carbocycles. The maximum absolute atomic E-state index is 12.6. The van der Waals surface area contributed by atoms with E-state index in [-0.39, 0.29) is 5.91 Å². The molecule has 3 heteroatoms. The number of fused-ring (bicyclic) bond motifs is 1. The molecule has 2 aromatic carbocycles. The topological polar surface area (TPSA) is 46.3 Å². The summed E-state index contributed by atoms with van der Waals surface area (Å²) in [6, 6.07) is 15.9. The molecule has 0 saturated heterocycles. The Labute approximate surface area is 125 Å². The second-order valence-corrected chi connectivity index (χ2v) is 5.54. The average molecular weight is 280 g/mol. The molecule has 1 amide bonds. The van der Waals surface area contributed by atoms with Crippen molar-refractivity contribution < 1.29 is 4.79 Å². The SMILES string of the molecule is Nc1ccc(CCN2CCCc3ccccc3C2=O)cc1. The van der Waals surface area contributed by atoms with Gasteiger partial charge in [-0.15, -0.1) is 0 Å². The Bertz CT molecular complexity index is 634. The van der Waals surface area contributed by atoms with Crippen LogP contribution in [0.5, 0.6) is 0 Å². The summed E-state index contributed by atoms with van der Waals surface area (Å²) >= 11 is 0. The van der Waals surface area contributed by atoms with Crippen molar-refractivity contribution in [2.24, 2.45) is 0 Å². The first-order valence-corrected chi connectivity index (χ1v) is 7.45. The number of hydrogen-bond donors (Lipinski definition) is 1. The first-order chi connectivity index (χ1) is 10.2. The van der Waals surface area contributed by atoms with Crippen LogP contribution in [0.3, 0.4) is 0 Å². The molecule has 0 radical (unpaired) electrons. The van der Waals surface area contributed by atoms with Crippen LogP contribution in [0.25, 0.3) is 0 Å². The zero-order valence-electron chi connectivity index (χ0n) is 12.1. The molecule has 0 fully saturated rings. The van der Waals surface area contributed by atoms with Gasteiger partial charge in [-0.05, 0) is 48.6 Å². The van der Waals surface area contributed by atoms with Crippen molar-refractivity contribution in [3.05, 3.63) is 65.2 Å². The Morgan fingerprint density at radius 1 is 1.05 bits per heavy atom. The normalized spacial score (nSPS) is 14.7. The summed E-state index contributed by atoms with van der Waals surface area (Å²) < 4.78 is 0. The fraction of sp³-hybridized carbons (Fsp3) is 0.278. The van der Waals surface area contributed by atoms with Crippen LogP contribution in [0.1, 0.15) is 27.9 Å². The summed E-state index contributed by atoms with van der Waals surface area (Å²) in [5.74, 6) is 0.165. The monoisotopic (exact) mass is 280 g/mol. The van der Waals surface area contributed by atoms with Crippen molar-refractivity contribution in [1.82, 2.24) is 4.90 Å². The summed E-state index contributed by atoms with van der Waals surface area (Å²) in [4.78, 5) is 14.6. The first kappa shape index (κ1) is 13.7. The fourth-order valence-electron chi connectivity index (χ4n) is 2.84. The third-order valence-corrected chi connectivity index (χ3v) is 4.06. The van der Waals surface area contributed by atoms with Crippen molar-refractivity contribution in [1.29, 1.82) is 0 Å². The minimum Gasteiger partial charge on any atom is -0.399 e. The van der Waals surface area contributed by atoms with Crippen molar-refractivity contribution in [2.45, 2.75) is 19.3 Å². The van der Waals surface area contributed by atoms with E-state index in [9.17, 15) is 4.79 Å². The van der Waals surface area contributed by atoms with Crippen molar-refractivity contribution in [3.8, 4) is 0 Å². The largest absolute Gasteiger partial charge is 0.399 e. The standard InChI is InChI=1S/C18H20N2O/c19-16-9-7-14(8-10-16)11-13-20-12-3-5-15-4-1-2-6-17(15)18(20)21/h1-2,4,6-10H,3,5,11-13,19H2. The number of carbonyl (C=O) groups excluding carboxylic acids is 1. The number of hydrogen-bond acceptors (Lipinski definition) is 2. The van der Waals surface area contributed by atoms with E-state index >= 15 is 0 Å². The molecule has 1 aliphatic heterocycles. The van der Waals surface area contributed by atoms with Gasteiger partial charge in [0.15, 0.2) is 0 Å². The van der Waals surface area contributed by atoms with Gasteiger partial charge in [-0.1, -0.05) is 30.3 Å². The Morgan fingerprint density at radius 3 is 2.62 bits per heavy atom. The lowest BCUT2D eigenvalue weighted by atomic mass is 10.0. The van der Waals surface area contributed by atoms with Crippen molar-refractivity contribution in [3.63, 3.8) is 0 Å². The zero-order valence-corrected chi connectivity index (χ0v) is 12.1. The molecule has 0 spiro atoms. The molecule has 3 nitrogen and oxygen atoms in total. The molecule has 3 rings (SSSR count). The summed E-state index contributed by atoms with van der Waals surface area (Å²) in [6.07, 6.45) is 2.89. The number of amides is 1. The van der Waals surface area contributed by atoms with Gasteiger partial charge in [0.1, 0.15) is 0 Å². The third kappa shape index (κ3) is 3.07. The molecule has 0 bridgehead atoms.